The molecule has 0 fully saturated rings. The van der Waals surface area contributed by atoms with E-state index in [4.69, 9.17) is 9.84 Å². The number of aryl methyl sites for hydroxylation is 1. The molecule has 1 heterocycles. The Morgan fingerprint density at radius 1 is 1.29 bits per heavy atom. The number of carboxylic acids is 1. The Kier molecular flexibility index (Phi) is 7.11. The van der Waals surface area contributed by atoms with Gasteiger partial charge in [0.05, 0.1) is 6.61 Å². The molecule has 1 aromatic carbocycles. The third-order valence-corrected chi connectivity index (χ3v) is 4.53. The van der Waals surface area contributed by atoms with Gasteiger partial charge in [-0.2, -0.15) is 0 Å². The summed E-state index contributed by atoms with van der Waals surface area (Å²) in [5, 5.41) is 18.6. The lowest BCUT2D eigenvalue weighted by molar-refractivity contribution is 0.0692. The second-order valence-electron chi connectivity index (χ2n) is 5.24. The quantitative estimate of drug-likeness (QED) is 0.522. The molecule has 6 nitrogen and oxygen atoms in total. The lowest BCUT2D eigenvalue weighted by atomic mass is 10.2. The van der Waals surface area contributed by atoms with E-state index in [0.717, 1.165) is 42.5 Å². The van der Waals surface area contributed by atoms with Gasteiger partial charge < -0.3 is 14.4 Å². The predicted octanol–water partition coefficient (Wildman–Crippen LogP) is 3.51. The number of carbonyl (C=O) groups is 1. The topological polar surface area (TPSA) is 77.2 Å². The number of nitrogens with zero attached hydrogens (tertiary/aromatic N) is 3. The van der Waals surface area contributed by atoms with Crippen LogP contribution in [0.3, 0.4) is 0 Å². The minimum absolute atomic E-state index is 0.195. The van der Waals surface area contributed by atoms with Crippen LogP contribution in [0.5, 0.6) is 5.75 Å². The third-order valence-electron chi connectivity index (χ3n) is 3.48. The summed E-state index contributed by atoms with van der Waals surface area (Å²) in [7, 11) is 0. The normalized spacial score (nSPS) is 10.8. The first kappa shape index (κ1) is 18.3. The van der Waals surface area contributed by atoms with Gasteiger partial charge in [-0.1, -0.05) is 30.8 Å². The monoisotopic (exact) mass is 349 g/mol. The molecule has 0 aliphatic rings. The minimum atomic E-state index is -0.973. The minimum Gasteiger partial charge on any atom is -0.493 e. The van der Waals surface area contributed by atoms with Gasteiger partial charge in [0.15, 0.2) is 5.16 Å². The zero-order chi connectivity index (χ0) is 17.4. The molecule has 0 saturated heterocycles. The molecule has 0 saturated carbocycles. The van der Waals surface area contributed by atoms with E-state index in [1.165, 1.54) is 0 Å². The average molecular weight is 349 g/mol. The Morgan fingerprint density at radius 2 is 2.08 bits per heavy atom. The smallest absolute Gasteiger partial charge is 0.339 e. The molecule has 2 aromatic rings. The highest BCUT2D eigenvalue weighted by Gasteiger charge is 2.11. The first-order valence-electron chi connectivity index (χ1n) is 8.17. The van der Waals surface area contributed by atoms with Crippen LogP contribution in [0.15, 0.2) is 29.4 Å². The van der Waals surface area contributed by atoms with Crippen LogP contribution in [-0.4, -0.2) is 38.2 Å². The number of aromatic carboxylic acids is 1. The van der Waals surface area contributed by atoms with Crippen molar-refractivity contribution in [2.75, 3.05) is 12.4 Å². The van der Waals surface area contributed by atoms with E-state index in [-0.39, 0.29) is 5.56 Å². The van der Waals surface area contributed by atoms with Gasteiger partial charge in [0.2, 0.25) is 0 Å². The number of benzene rings is 1. The standard InChI is InChI=1S/C17H23N3O3S/c1-3-8-15-18-19-17(20(15)4-2)24-12-7-11-23-14-10-6-5-9-13(14)16(21)22/h5-6,9-10H,3-4,7-8,11-12H2,1-2H3,(H,21,22). The molecular weight excluding hydrogens is 326 g/mol. The number of carboxylic acid groups (broad SMARTS) is 1. The Bertz CT molecular complexity index is 673. The Morgan fingerprint density at radius 3 is 2.79 bits per heavy atom. The van der Waals surface area contributed by atoms with Crippen LogP contribution in [0.4, 0.5) is 0 Å². The number of thioether (sulfide) groups is 1. The second-order valence-corrected chi connectivity index (χ2v) is 6.31. The number of aromatic nitrogens is 3. The van der Waals surface area contributed by atoms with Gasteiger partial charge >= 0.3 is 5.97 Å². The lowest BCUT2D eigenvalue weighted by Gasteiger charge is -2.09. The van der Waals surface area contributed by atoms with Crippen LogP contribution in [-0.2, 0) is 13.0 Å². The Labute approximate surface area is 146 Å². The number of hydrogen-bond acceptors (Lipinski definition) is 5. The number of hydrogen-bond donors (Lipinski definition) is 1. The fourth-order valence-corrected chi connectivity index (χ4v) is 3.26. The fraction of sp³-hybridized carbons (Fsp3) is 0.471. The van der Waals surface area contributed by atoms with Crippen molar-refractivity contribution in [3.63, 3.8) is 0 Å². The van der Waals surface area contributed by atoms with Gasteiger partial charge in [-0.25, -0.2) is 4.79 Å². The molecule has 130 valence electrons. The zero-order valence-corrected chi connectivity index (χ0v) is 14.9. The van der Waals surface area contributed by atoms with Crippen molar-refractivity contribution in [1.29, 1.82) is 0 Å². The molecule has 7 heteroatoms. The summed E-state index contributed by atoms with van der Waals surface area (Å²) in [6.07, 6.45) is 2.80. The first-order chi connectivity index (χ1) is 11.7. The molecular formula is C17H23N3O3S. The highest BCUT2D eigenvalue weighted by atomic mass is 32.2. The average Bonchev–Trinajstić information content (AvgIpc) is 2.97. The maximum Gasteiger partial charge on any atom is 0.339 e. The molecule has 0 spiro atoms. The maximum absolute atomic E-state index is 11.1. The maximum atomic E-state index is 11.1. The summed E-state index contributed by atoms with van der Waals surface area (Å²) < 4.78 is 7.75. The van der Waals surface area contributed by atoms with Gasteiger partial charge in [0.1, 0.15) is 17.1 Å². The van der Waals surface area contributed by atoms with Crippen LogP contribution in [0.1, 0.15) is 42.9 Å². The fourth-order valence-electron chi connectivity index (χ4n) is 2.33. The summed E-state index contributed by atoms with van der Waals surface area (Å²) in [6.45, 7) is 5.57. The Hall–Kier alpha value is -2.02. The molecule has 0 aliphatic carbocycles. The Balaban J connectivity index is 1.81. The molecule has 0 unspecified atom stereocenters. The van der Waals surface area contributed by atoms with E-state index in [1.54, 1.807) is 36.0 Å². The number of rotatable bonds is 10. The van der Waals surface area contributed by atoms with Crippen molar-refractivity contribution in [1.82, 2.24) is 14.8 Å². The van der Waals surface area contributed by atoms with Gasteiger partial charge in [-0.15, -0.1) is 10.2 Å². The van der Waals surface area contributed by atoms with Crippen molar-refractivity contribution >= 4 is 17.7 Å². The van der Waals surface area contributed by atoms with Crippen molar-refractivity contribution < 1.29 is 14.6 Å². The summed E-state index contributed by atoms with van der Waals surface area (Å²) in [5.41, 5.74) is 0.195. The van der Waals surface area contributed by atoms with Crippen LogP contribution < -0.4 is 4.74 Å². The van der Waals surface area contributed by atoms with Gasteiger partial charge in [0, 0.05) is 18.7 Å². The van der Waals surface area contributed by atoms with Crippen molar-refractivity contribution in [2.45, 2.75) is 44.8 Å². The third kappa shape index (κ3) is 4.74. The SMILES string of the molecule is CCCc1nnc(SCCCOc2ccccc2C(=O)O)n1CC. The molecule has 0 aliphatic heterocycles. The molecule has 0 bridgehead atoms. The summed E-state index contributed by atoms with van der Waals surface area (Å²) in [6, 6.07) is 6.69. The molecule has 1 aromatic heterocycles. The lowest BCUT2D eigenvalue weighted by Crippen LogP contribution is -2.06. The van der Waals surface area contributed by atoms with Crippen LogP contribution >= 0.6 is 11.8 Å². The van der Waals surface area contributed by atoms with E-state index in [1.807, 2.05) is 0 Å². The molecule has 0 atom stereocenters. The van der Waals surface area contributed by atoms with E-state index in [0.29, 0.717) is 12.4 Å². The van der Waals surface area contributed by atoms with Crippen LogP contribution in [0.2, 0.25) is 0 Å². The van der Waals surface area contributed by atoms with Crippen molar-refractivity contribution in [3.05, 3.63) is 35.7 Å². The van der Waals surface area contributed by atoms with E-state index < -0.39 is 5.97 Å². The highest BCUT2D eigenvalue weighted by Crippen LogP contribution is 2.20. The molecule has 0 amide bonds. The van der Waals surface area contributed by atoms with E-state index in [2.05, 4.69) is 28.6 Å². The van der Waals surface area contributed by atoms with Gasteiger partial charge in [-0.3, -0.25) is 0 Å². The van der Waals surface area contributed by atoms with Gasteiger partial charge in [-0.05, 0) is 31.9 Å². The van der Waals surface area contributed by atoms with E-state index >= 15 is 0 Å². The zero-order valence-electron chi connectivity index (χ0n) is 14.1. The highest BCUT2D eigenvalue weighted by molar-refractivity contribution is 7.99. The van der Waals surface area contributed by atoms with E-state index in [9.17, 15) is 4.79 Å². The van der Waals surface area contributed by atoms with Gasteiger partial charge in [0.25, 0.3) is 0 Å². The van der Waals surface area contributed by atoms with Crippen LogP contribution in [0, 0.1) is 0 Å². The summed E-state index contributed by atoms with van der Waals surface area (Å²) >= 11 is 1.66. The molecule has 1 N–H and O–H groups in total. The molecule has 24 heavy (non-hydrogen) atoms. The summed E-state index contributed by atoms with van der Waals surface area (Å²) in [5.74, 6) is 1.32. The largest absolute Gasteiger partial charge is 0.493 e. The first-order valence-corrected chi connectivity index (χ1v) is 9.15. The molecule has 2 rings (SSSR count). The van der Waals surface area contributed by atoms with Crippen LogP contribution in [0.25, 0.3) is 0 Å². The van der Waals surface area contributed by atoms with Crippen molar-refractivity contribution in [2.24, 2.45) is 0 Å². The van der Waals surface area contributed by atoms with Crippen molar-refractivity contribution in [3.8, 4) is 5.75 Å². The summed E-state index contributed by atoms with van der Waals surface area (Å²) in [4.78, 5) is 11.1. The number of para-hydroxylation sites is 1. The predicted molar refractivity (Wildman–Crippen MR) is 93.9 cm³/mol. The molecule has 0 radical (unpaired) electrons. The second kappa shape index (κ2) is 9.32. The number of ether oxygens (including phenoxy) is 1.